The molecule has 1 saturated heterocycles. The van der Waals surface area contributed by atoms with E-state index < -0.39 is 9.84 Å². The predicted molar refractivity (Wildman–Crippen MR) is 107 cm³/mol. The molecule has 1 aliphatic rings. The van der Waals surface area contributed by atoms with Crippen molar-refractivity contribution in [3.05, 3.63) is 36.7 Å². The first-order valence-electron chi connectivity index (χ1n) is 9.54. The average Bonchev–Trinajstić information content (AvgIpc) is 2.73. The smallest absolute Gasteiger partial charge is 0.409 e. The van der Waals surface area contributed by atoms with Crippen LogP contribution in [0.15, 0.2) is 41.6 Å². The number of amides is 1. The van der Waals surface area contributed by atoms with Gasteiger partial charge in [-0.1, -0.05) is 12.1 Å². The summed E-state index contributed by atoms with van der Waals surface area (Å²) in [7, 11) is -3.22. The number of piperidine rings is 1. The summed E-state index contributed by atoms with van der Waals surface area (Å²) in [5, 5.41) is 0. The van der Waals surface area contributed by atoms with Crippen molar-refractivity contribution in [2.24, 2.45) is 5.92 Å². The Morgan fingerprint density at radius 3 is 2.38 bits per heavy atom. The molecule has 0 N–H and O–H groups in total. The number of aromatic nitrogens is 2. The van der Waals surface area contributed by atoms with Crippen LogP contribution in [0.3, 0.4) is 0 Å². The zero-order valence-corrected chi connectivity index (χ0v) is 17.4. The largest absolute Gasteiger partial charge is 0.476 e. The third-order valence-corrected chi connectivity index (χ3v) is 5.94. The van der Waals surface area contributed by atoms with Gasteiger partial charge < -0.3 is 14.4 Å². The van der Waals surface area contributed by atoms with Crippen molar-refractivity contribution < 1.29 is 22.7 Å². The van der Waals surface area contributed by atoms with Crippen molar-refractivity contribution in [2.45, 2.75) is 24.7 Å². The van der Waals surface area contributed by atoms with Crippen molar-refractivity contribution in [1.29, 1.82) is 0 Å². The van der Waals surface area contributed by atoms with Crippen molar-refractivity contribution >= 4 is 15.9 Å². The van der Waals surface area contributed by atoms with Crippen LogP contribution in [0.25, 0.3) is 11.3 Å². The Kier molecular flexibility index (Phi) is 6.68. The predicted octanol–water partition coefficient (Wildman–Crippen LogP) is 2.79. The van der Waals surface area contributed by atoms with Gasteiger partial charge in [0.05, 0.1) is 36.2 Å². The van der Waals surface area contributed by atoms with Gasteiger partial charge in [-0.3, -0.25) is 0 Å². The molecule has 0 unspecified atom stereocenters. The van der Waals surface area contributed by atoms with Crippen LogP contribution in [0.4, 0.5) is 4.79 Å². The molecule has 29 heavy (non-hydrogen) atoms. The third kappa shape index (κ3) is 5.66. The lowest BCUT2D eigenvalue weighted by molar-refractivity contribution is 0.0840. The molecule has 0 bridgehead atoms. The van der Waals surface area contributed by atoms with E-state index in [1.165, 1.54) is 6.26 Å². The normalized spacial score (nSPS) is 15.2. The van der Waals surface area contributed by atoms with Crippen molar-refractivity contribution in [1.82, 2.24) is 14.9 Å². The van der Waals surface area contributed by atoms with Crippen molar-refractivity contribution in [2.75, 3.05) is 32.6 Å². The number of carbonyl (C=O) groups is 1. The molecule has 0 spiro atoms. The second-order valence-electron chi connectivity index (χ2n) is 6.98. The van der Waals surface area contributed by atoms with Gasteiger partial charge in [-0.15, -0.1) is 0 Å². The summed E-state index contributed by atoms with van der Waals surface area (Å²) >= 11 is 0. The molecule has 1 aromatic carbocycles. The minimum absolute atomic E-state index is 0.252. The van der Waals surface area contributed by atoms with Gasteiger partial charge in [0, 0.05) is 24.9 Å². The number of nitrogens with zero attached hydrogens (tertiary/aromatic N) is 3. The number of ether oxygens (including phenoxy) is 2. The third-order valence-electron chi connectivity index (χ3n) is 4.81. The van der Waals surface area contributed by atoms with Crippen molar-refractivity contribution in [3.8, 4) is 17.1 Å². The molecule has 3 rings (SSSR count). The highest BCUT2D eigenvalue weighted by Crippen LogP contribution is 2.22. The van der Waals surface area contributed by atoms with Crippen molar-refractivity contribution in [3.63, 3.8) is 0 Å². The van der Waals surface area contributed by atoms with E-state index in [4.69, 9.17) is 9.47 Å². The fraction of sp³-hybridized carbons (Fsp3) is 0.450. The molecule has 0 atom stereocenters. The fourth-order valence-corrected chi connectivity index (χ4v) is 3.74. The van der Waals surface area contributed by atoms with Crippen LogP contribution in [-0.2, 0) is 14.6 Å². The van der Waals surface area contributed by atoms with Crippen LogP contribution in [0, 0.1) is 5.92 Å². The number of rotatable bonds is 6. The van der Waals surface area contributed by atoms with Crippen LogP contribution >= 0.6 is 0 Å². The average molecular weight is 420 g/mol. The minimum Gasteiger partial charge on any atom is -0.476 e. The highest BCUT2D eigenvalue weighted by Gasteiger charge is 2.24. The molecule has 0 radical (unpaired) electrons. The zero-order chi connectivity index (χ0) is 20.9. The highest BCUT2D eigenvalue weighted by molar-refractivity contribution is 7.90. The fourth-order valence-electron chi connectivity index (χ4n) is 3.11. The maximum absolute atomic E-state index is 11.7. The van der Waals surface area contributed by atoms with E-state index in [1.807, 2.05) is 0 Å². The van der Waals surface area contributed by atoms with Crippen LogP contribution in [0.1, 0.15) is 19.8 Å². The van der Waals surface area contributed by atoms with E-state index in [0.717, 1.165) is 18.4 Å². The van der Waals surface area contributed by atoms with Crippen LogP contribution in [0.5, 0.6) is 5.88 Å². The van der Waals surface area contributed by atoms with Gasteiger partial charge in [0.15, 0.2) is 9.84 Å². The van der Waals surface area contributed by atoms with Gasteiger partial charge in [0.1, 0.15) is 0 Å². The Bertz CT molecular complexity index is 922. The second kappa shape index (κ2) is 9.21. The molecule has 2 aromatic rings. The lowest BCUT2D eigenvalue weighted by Crippen LogP contribution is -2.40. The molecule has 2 heterocycles. The van der Waals surface area contributed by atoms with Crippen LogP contribution in [0.2, 0.25) is 0 Å². The summed E-state index contributed by atoms with van der Waals surface area (Å²) in [5.74, 6) is 0.792. The summed E-state index contributed by atoms with van der Waals surface area (Å²) in [5.41, 5.74) is 1.42. The van der Waals surface area contributed by atoms with Gasteiger partial charge in [-0.2, -0.15) is 0 Å². The lowest BCUT2D eigenvalue weighted by atomic mass is 9.98. The summed E-state index contributed by atoms with van der Waals surface area (Å²) in [6.07, 6.45) is 5.81. The summed E-state index contributed by atoms with van der Waals surface area (Å²) in [6, 6.07) is 6.52. The number of sulfone groups is 1. The first-order chi connectivity index (χ1) is 13.9. The Balaban J connectivity index is 1.51. The molecule has 0 saturated carbocycles. The van der Waals surface area contributed by atoms with E-state index >= 15 is 0 Å². The molecular weight excluding hydrogens is 394 g/mol. The number of hydrogen-bond acceptors (Lipinski definition) is 7. The maximum Gasteiger partial charge on any atom is 0.409 e. The topological polar surface area (TPSA) is 98.7 Å². The quantitative estimate of drug-likeness (QED) is 0.710. The van der Waals surface area contributed by atoms with E-state index in [1.54, 1.807) is 48.5 Å². The molecule has 1 aromatic heterocycles. The molecule has 1 fully saturated rings. The molecule has 1 amide bonds. The summed E-state index contributed by atoms with van der Waals surface area (Å²) < 4.78 is 33.9. The van der Waals surface area contributed by atoms with Gasteiger partial charge in [0.2, 0.25) is 5.88 Å². The monoisotopic (exact) mass is 419 g/mol. The Labute approximate surface area is 170 Å². The lowest BCUT2D eigenvalue weighted by Gasteiger charge is -2.30. The minimum atomic E-state index is -3.22. The van der Waals surface area contributed by atoms with E-state index in [0.29, 0.717) is 43.8 Å². The van der Waals surface area contributed by atoms with Crippen LogP contribution in [-0.4, -0.2) is 61.9 Å². The number of likely N-dealkylation sites (tertiary alicyclic amines) is 1. The van der Waals surface area contributed by atoms with Gasteiger partial charge in [0.25, 0.3) is 0 Å². The zero-order valence-electron chi connectivity index (χ0n) is 16.6. The van der Waals surface area contributed by atoms with Gasteiger partial charge >= 0.3 is 6.09 Å². The standard InChI is InChI=1S/C20H25N3O5S/c1-3-27-20(24)23-10-8-15(9-11-23)14-28-19-13-21-18(12-22-19)16-4-6-17(7-5-16)29(2,25)26/h4-7,12-13,15H,3,8-11,14H2,1-2H3. The SMILES string of the molecule is CCOC(=O)N1CCC(COc2cnc(-c3ccc(S(C)(=O)=O)cc3)cn2)CC1. The molecular formula is C20H25N3O5S. The second-order valence-corrected chi connectivity index (χ2v) is 8.99. The molecule has 8 nitrogen and oxygen atoms in total. The van der Waals surface area contributed by atoms with E-state index in [2.05, 4.69) is 9.97 Å². The molecule has 9 heteroatoms. The van der Waals surface area contributed by atoms with Gasteiger partial charge in [-0.25, -0.2) is 23.2 Å². The highest BCUT2D eigenvalue weighted by atomic mass is 32.2. The summed E-state index contributed by atoms with van der Waals surface area (Å²) in [6.45, 7) is 4.05. The van der Waals surface area contributed by atoms with E-state index in [9.17, 15) is 13.2 Å². The maximum atomic E-state index is 11.7. The number of hydrogen-bond donors (Lipinski definition) is 0. The van der Waals surface area contributed by atoms with Gasteiger partial charge in [-0.05, 0) is 37.8 Å². The van der Waals surface area contributed by atoms with E-state index in [-0.39, 0.29) is 11.0 Å². The Morgan fingerprint density at radius 2 is 1.83 bits per heavy atom. The summed E-state index contributed by atoms with van der Waals surface area (Å²) in [4.78, 5) is 22.4. The molecule has 0 aliphatic carbocycles. The first-order valence-corrected chi connectivity index (χ1v) is 11.4. The molecule has 156 valence electrons. The number of benzene rings is 1. The Morgan fingerprint density at radius 1 is 1.14 bits per heavy atom. The Hall–Kier alpha value is -2.68. The first kappa shape index (κ1) is 21.0. The van der Waals surface area contributed by atoms with Crippen LogP contribution < -0.4 is 4.74 Å². The number of carbonyl (C=O) groups excluding carboxylic acids is 1. The molecule has 1 aliphatic heterocycles.